The molecule has 0 bridgehead atoms. The summed E-state index contributed by atoms with van der Waals surface area (Å²) in [6.45, 7) is 1.23. The number of nitrogens with one attached hydrogen (secondary N) is 2. The molecule has 1 aliphatic heterocycles. The summed E-state index contributed by atoms with van der Waals surface area (Å²) in [4.78, 5) is 11.7. The van der Waals surface area contributed by atoms with Gasteiger partial charge in [0.25, 0.3) is 0 Å². The molecule has 2 rings (SSSR count). The molecule has 2 N–H and O–H groups in total. The molecule has 0 saturated carbocycles. The van der Waals surface area contributed by atoms with Gasteiger partial charge in [-0.3, -0.25) is 4.79 Å². The lowest BCUT2D eigenvalue weighted by Crippen LogP contribution is -2.34. The van der Waals surface area contributed by atoms with Crippen LogP contribution in [0.15, 0.2) is 24.3 Å². The number of halogens is 1. The summed E-state index contributed by atoms with van der Waals surface area (Å²) in [5.41, 5.74) is 0.738. The molecule has 3 nitrogen and oxygen atoms in total. The molecule has 1 aromatic rings. The molecule has 1 unspecified atom stereocenters. The maximum atomic E-state index is 11.7. The number of rotatable bonds is 5. The van der Waals surface area contributed by atoms with Crippen LogP contribution in [0.2, 0.25) is 5.02 Å². The SMILES string of the molecule is O=C(CNCC1CSCCS1)Nc1cccc(Cl)c1. The third-order valence-corrected chi connectivity index (χ3v) is 5.73. The fourth-order valence-corrected chi connectivity index (χ4v) is 4.61. The van der Waals surface area contributed by atoms with Gasteiger partial charge in [0.15, 0.2) is 0 Å². The van der Waals surface area contributed by atoms with Crippen molar-refractivity contribution < 1.29 is 4.79 Å². The molecular weight excluding hydrogens is 300 g/mol. The Morgan fingerprint density at radius 3 is 3.05 bits per heavy atom. The van der Waals surface area contributed by atoms with Crippen LogP contribution in [0, 0.1) is 0 Å². The molecule has 0 aromatic heterocycles. The van der Waals surface area contributed by atoms with Crippen molar-refractivity contribution in [2.75, 3.05) is 35.7 Å². The van der Waals surface area contributed by atoms with Gasteiger partial charge >= 0.3 is 0 Å². The molecule has 1 aromatic carbocycles. The molecule has 1 saturated heterocycles. The maximum Gasteiger partial charge on any atom is 0.238 e. The van der Waals surface area contributed by atoms with E-state index in [1.54, 1.807) is 12.1 Å². The normalized spacial score (nSPS) is 19.1. The Balaban J connectivity index is 1.67. The number of hydrogen-bond acceptors (Lipinski definition) is 4. The van der Waals surface area contributed by atoms with Crippen molar-refractivity contribution in [3.05, 3.63) is 29.3 Å². The van der Waals surface area contributed by atoms with Gasteiger partial charge in [0.05, 0.1) is 6.54 Å². The Labute approximate surface area is 127 Å². The second kappa shape index (κ2) is 8.04. The van der Waals surface area contributed by atoms with Gasteiger partial charge in [0.2, 0.25) is 5.91 Å². The molecule has 1 atom stereocenters. The van der Waals surface area contributed by atoms with Crippen LogP contribution in [0.4, 0.5) is 5.69 Å². The summed E-state index contributed by atoms with van der Waals surface area (Å²) >= 11 is 9.84. The lowest BCUT2D eigenvalue weighted by molar-refractivity contribution is -0.115. The van der Waals surface area contributed by atoms with E-state index in [9.17, 15) is 4.79 Å². The van der Waals surface area contributed by atoms with Gasteiger partial charge in [0.1, 0.15) is 0 Å². The second-order valence-corrected chi connectivity index (χ2v) is 7.25. The predicted molar refractivity (Wildman–Crippen MR) is 86.5 cm³/mol. The highest BCUT2D eigenvalue weighted by Crippen LogP contribution is 2.23. The number of hydrogen-bond donors (Lipinski definition) is 2. The van der Waals surface area contributed by atoms with Gasteiger partial charge in [-0.05, 0) is 18.2 Å². The first-order valence-corrected chi connectivity index (χ1v) is 8.77. The number of amides is 1. The van der Waals surface area contributed by atoms with Crippen LogP contribution in [0.1, 0.15) is 0 Å². The average molecular weight is 317 g/mol. The van der Waals surface area contributed by atoms with Crippen LogP contribution in [0.5, 0.6) is 0 Å². The van der Waals surface area contributed by atoms with Gasteiger partial charge in [-0.2, -0.15) is 23.5 Å². The average Bonchev–Trinajstić information content (AvgIpc) is 2.40. The quantitative estimate of drug-likeness (QED) is 0.876. The Kier molecular flexibility index (Phi) is 6.37. The minimum absolute atomic E-state index is 0.0317. The number of thioether (sulfide) groups is 2. The molecule has 1 amide bonds. The minimum atomic E-state index is -0.0317. The highest BCUT2D eigenvalue weighted by atomic mass is 35.5. The standard InChI is InChI=1S/C13H17ClN2OS2/c14-10-2-1-3-11(6-10)16-13(17)8-15-7-12-9-18-4-5-19-12/h1-3,6,12,15H,4-5,7-9H2,(H,16,17). The molecule has 104 valence electrons. The zero-order valence-electron chi connectivity index (χ0n) is 10.5. The zero-order chi connectivity index (χ0) is 13.5. The number of anilines is 1. The van der Waals surface area contributed by atoms with Crippen molar-refractivity contribution in [1.29, 1.82) is 0 Å². The largest absolute Gasteiger partial charge is 0.325 e. The first kappa shape index (κ1) is 15.0. The van der Waals surface area contributed by atoms with E-state index in [1.165, 1.54) is 17.3 Å². The van der Waals surface area contributed by atoms with Gasteiger partial charge in [-0.1, -0.05) is 17.7 Å². The number of carbonyl (C=O) groups excluding carboxylic acids is 1. The summed E-state index contributed by atoms with van der Waals surface area (Å²) < 4.78 is 0. The van der Waals surface area contributed by atoms with Gasteiger partial charge in [-0.25, -0.2) is 0 Å². The minimum Gasteiger partial charge on any atom is -0.325 e. The van der Waals surface area contributed by atoms with E-state index in [-0.39, 0.29) is 5.91 Å². The lowest BCUT2D eigenvalue weighted by atomic mass is 10.3. The van der Waals surface area contributed by atoms with Crippen molar-refractivity contribution in [1.82, 2.24) is 5.32 Å². The van der Waals surface area contributed by atoms with Gasteiger partial charge in [0, 0.05) is 39.8 Å². The Hall–Kier alpha value is -0.360. The van der Waals surface area contributed by atoms with E-state index in [0.717, 1.165) is 12.2 Å². The van der Waals surface area contributed by atoms with Crippen molar-refractivity contribution in [3.63, 3.8) is 0 Å². The van der Waals surface area contributed by atoms with E-state index >= 15 is 0 Å². The van der Waals surface area contributed by atoms with Crippen molar-refractivity contribution in [3.8, 4) is 0 Å². The topological polar surface area (TPSA) is 41.1 Å². The summed E-state index contributed by atoms with van der Waals surface area (Å²) in [6, 6.07) is 7.18. The smallest absolute Gasteiger partial charge is 0.238 e. The maximum absolute atomic E-state index is 11.7. The van der Waals surface area contributed by atoms with Crippen molar-refractivity contribution >= 4 is 46.7 Å². The molecule has 0 spiro atoms. The summed E-state index contributed by atoms with van der Waals surface area (Å²) in [7, 11) is 0. The van der Waals surface area contributed by atoms with Crippen molar-refractivity contribution in [2.45, 2.75) is 5.25 Å². The van der Waals surface area contributed by atoms with Crippen LogP contribution >= 0.6 is 35.1 Å². The second-order valence-electron chi connectivity index (χ2n) is 4.26. The van der Waals surface area contributed by atoms with Crippen LogP contribution in [0.25, 0.3) is 0 Å². The first-order valence-electron chi connectivity index (χ1n) is 6.19. The molecular formula is C13H17ClN2OS2. The summed E-state index contributed by atoms with van der Waals surface area (Å²) in [6.07, 6.45) is 0. The zero-order valence-corrected chi connectivity index (χ0v) is 12.9. The fourth-order valence-electron chi connectivity index (χ4n) is 1.77. The van der Waals surface area contributed by atoms with Gasteiger partial charge in [-0.15, -0.1) is 0 Å². The first-order chi connectivity index (χ1) is 9.24. The van der Waals surface area contributed by atoms with E-state index in [2.05, 4.69) is 10.6 Å². The third kappa shape index (κ3) is 5.65. The highest BCUT2D eigenvalue weighted by molar-refractivity contribution is 8.06. The summed E-state index contributed by atoms with van der Waals surface area (Å²) in [5, 5.41) is 7.28. The fraction of sp³-hybridized carbons (Fsp3) is 0.462. The van der Waals surface area contributed by atoms with Gasteiger partial charge < -0.3 is 10.6 Å². The molecule has 1 fully saturated rings. The molecule has 6 heteroatoms. The van der Waals surface area contributed by atoms with E-state index in [0.29, 0.717) is 16.8 Å². The molecule has 0 aliphatic carbocycles. The number of carbonyl (C=O) groups is 1. The van der Waals surface area contributed by atoms with Crippen LogP contribution in [0.3, 0.4) is 0 Å². The third-order valence-electron chi connectivity index (χ3n) is 2.65. The van der Waals surface area contributed by atoms with E-state index in [1.807, 2.05) is 35.7 Å². The van der Waals surface area contributed by atoms with Crippen LogP contribution in [-0.4, -0.2) is 41.5 Å². The summed E-state index contributed by atoms with van der Waals surface area (Å²) in [5.74, 6) is 3.60. The Morgan fingerprint density at radius 2 is 2.32 bits per heavy atom. The van der Waals surface area contributed by atoms with E-state index in [4.69, 9.17) is 11.6 Å². The van der Waals surface area contributed by atoms with Crippen molar-refractivity contribution in [2.24, 2.45) is 0 Å². The van der Waals surface area contributed by atoms with Crippen LogP contribution in [-0.2, 0) is 4.79 Å². The van der Waals surface area contributed by atoms with E-state index < -0.39 is 0 Å². The highest BCUT2D eigenvalue weighted by Gasteiger charge is 2.14. The predicted octanol–water partition coefficient (Wildman–Crippen LogP) is 2.72. The van der Waals surface area contributed by atoms with Crippen LogP contribution < -0.4 is 10.6 Å². The Bertz CT molecular complexity index is 425. The molecule has 19 heavy (non-hydrogen) atoms. The monoisotopic (exact) mass is 316 g/mol. The molecule has 1 heterocycles. The Morgan fingerprint density at radius 1 is 1.42 bits per heavy atom. The lowest BCUT2D eigenvalue weighted by Gasteiger charge is -2.21. The number of benzene rings is 1. The molecule has 0 radical (unpaired) electrons. The molecule has 1 aliphatic rings.